The molecule has 0 aliphatic carbocycles. The van der Waals surface area contributed by atoms with E-state index in [-0.39, 0.29) is 0 Å². The summed E-state index contributed by atoms with van der Waals surface area (Å²) in [5.74, 6) is 6.18. The van der Waals surface area contributed by atoms with Gasteiger partial charge in [-0.1, -0.05) is 11.8 Å². The molecule has 0 unspecified atom stereocenters. The fraction of sp³-hybridized carbons (Fsp3) is 0.333. The van der Waals surface area contributed by atoms with Crippen LogP contribution in [0.1, 0.15) is 17.5 Å². The first-order chi connectivity index (χ1) is 6.72. The summed E-state index contributed by atoms with van der Waals surface area (Å²) in [6.07, 6.45) is 0.865. The van der Waals surface area contributed by atoms with Crippen LogP contribution in [-0.2, 0) is 0 Å². The molecule has 1 aromatic carbocycles. The van der Waals surface area contributed by atoms with Crippen molar-refractivity contribution in [3.63, 3.8) is 0 Å². The third-order valence-corrected chi connectivity index (χ3v) is 1.83. The van der Waals surface area contributed by atoms with Gasteiger partial charge in [0.15, 0.2) is 0 Å². The van der Waals surface area contributed by atoms with Gasteiger partial charge in [0.2, 0.25) is 0 Å². The van der Waals surface area contributed by atoms with Crippen LogP contribution in [0, 0.1) is 18.8 Å². The molecule has 0 saturated carbocycles. The maximum atomic E-state index is 5.71. The zero-order chi connectivity index (χ0) is 10.4. The van der Waals surface area contributed by atoms with Crippen molar-refractivity contribution in [2.24, 2.45) is 0 Å². The van der Waals surface area contributed by atoms with Crippen LogP contribution >= 0.6 is 0 Å². The highest BCUT2D eigenvalue weighted by Gasteiger charge is 1.91. The summed E-state index contributed by atoms with van der Waals surface area (Å²) in [5.41, 5.74) is 8.64. The van der Waals surface area contributed by atoms with E-state index < -0.39 is 0 Å². The van der Waals surface area contributed by atoms with Crippen LogP contribution in [0.4, 0.5) is 5.69 Å². The van der Waals surface area contributed by atoms with Gasteiger partial charge in [0.25, 0.3) is 0 Å². The molecule has 0 bridgehead atoms. The number of nitrogens with two attached hydrogens (primary N) is 1. The van der Waals surface area contributed by atoms with Crippen LogP contribution in [0.5, 0.6) is 0 Å². The van der Waals surface area contributed by atoms with Crippen LogP contribution in [-0.4, -0.2) is 13.6 Å². The minimum Gasteiger partial charge on any atom is -0.399 e. The van der Waals surface area contributed by atoms with Crippen LogP contribution in [0.25, 0.3) is 0 Å². The third-order valence-electron chi connectivity index (χ3n) is 1.83. The van der Waals surface area contributed by atoms with E-state index in [9.17, 15) is 0 Å². The van der Waals surface area contributed by atoms with Crippen molar-refractivity contribution < 1.29 is 0 Å². The lowest BCUT2D eigenvalue weighted by molar-refractivity contribution is 0.818. The number of hydrogen-bond acceptors (Lipinski definition) is 2. The van der Waals surface area contributed by atoms with Crippen LogP contribution < -0.4 is 11.1 Å². The lowest BCUT2D eigenvalue weighted by Crippen LogP contribution is -2.05. The van der Waals surface area contributed by atoms with Gasteiger partial charge in [-0.05, 0) is 37.7 Å². The lowest BCUT2D eigenvalue weighted by Gasteiger charge is -1.97. The minimum atomic E-state index is 0.780. The summed E-state index contributed by atoms with van der Waals surface area (Å²) in [5, 5.41) is 3.05. The normalized spacial score (nSPS) is 9.29. The van der Waals surface area contributed by atoms with Crippen molar-refractivity contribution >= 4 is 5.69 Å². The van der Waals surface area contributed by atoms with Crippen molar-refractivity contribution in [3.8, 4) is 11.8 Å². The third kappa shape index (κ3) is 3.51. The molecule has 0 aliphatic heterocycles. The topological polar surface area (TPSA) is 38.0 Å². The first kappa shape index (κ1) is 10.6. The molecule has 0 spiro atoms. The van der Waals surface area contributed by atoms with Gasteiger partial charge in [-0.3, -0.25) is 0 Å². The quantitative estimate of drug-likeness (QED) is 0.420. The maximum absolute atomic E-state index is 5.71. The first-order valence-electron chi connectivity index (χ1n) is 4.73. The van der Waals surface area contributed by atoms with Gasteiger partial charge >= 0.3 is 0 Å². The van der Waals surface area contributed by atoms with E-state index in [1.165, 1.54) is 0 Å². The van der Waals surface area contributed by atoms with Crippen molar-refractivity contribution in [2.45, 2.75) is 13.3 Å². The minimum absolute atomic E-state index is 0.780. The van der Waals surface area contributed by atoms with E-state index in [1.54, 1.807) is 0 Å². The molecule has 0 saturated heterocycles. The van der Waals surface area contributed by atoms with Gasteiger partial charge in [-0.15, -0.1) is 0 Å². The van der Waals surface area contributed by atoms with E-state index in [2.05, 4.69) is 17.2 Å². The van der Waals surface area contributed by atoms with Gasteiger partial charge in [-0.2, -0.15) is 0 Å². The number of rotatable bonds is 2. The Morgan fingerprint density at radius 1 is 1.36 bits per heavy atom. The zero-order valence-corrected chi connectivity index (χ0v) is 8.72. The fourth-order valence-corrected chi connectivity index (χ4v) is 1.24. The molecule has 3 N–H and O–H groups in total. The Bertz CT molecular complexity index is 338. The van der Waals surface area contributed by atoms with Crippen molar-refractivity contribution in [1.29, 1.82) is 0 Å². The largest absolute Gasteiger partial charge is 0.399 e. The summed E-state index contributed by atoms with van der Waals surface area (Å²) in [7, 11) is 1.92. The molecule has 0 aliphatic rings. The molecule has 1 aromatic rings. The first-order valence-corrected chi connectivity index (χ1v) is 4.73. The number of hydrogen-bond donors (Lipinski definition) is 2. The molecule has 1 rings (SSSR count). The summed E-state index contributed by atoms with van der Waals surface area (Å²) >= 11 is 0. The van der Waals surface area contributed by atoms with Crippen LogP contribution in [0.15, 0.2) is 18.2 Å². The highest BCUT2D eigenvalue weighted by molar-refractivity contribution is 5.49. The monoisotopic (exact) mass is 188 g/mol. The molecule has 2 heteroatoms. The van der Waals surface area contributed by atoms with E-state index in [0.717, 1.165) is 29.8 Å². The summed E-state index contributed by atoms with van der Waals surface area (Å²) < 4.78 is 0. The predicted molar refractivity (Wildman–Crippen MR) is 61.0 cm³/mol. The van der Waals surface area contributed by atoms with Gasteiger partial charge in [-0.25, -0.2) is 0 Å². The molecule has 14 heavy (non-hydrogen) atoms. The van der Waals surface area contributed by atoms with Crippen LogP contribution in [0.2, 0.25) is 0 Å². The summed E-state index contributed by atoms with van der Waals surface area (Å²) in [6, 6.07) is 5.89. The second-order valence-electron chi connectivity index (χ2n) is 3.29. The second kappa shape index (κ2) is 5.31. The SMILES string of the molecule is CNCCC#Cc1cc(C)cc(N)c1. The number of benzene rings is 1. The Morgan fingerprint density at radius 3 is 2.79 bits per heavy atom. The molecule has 0 amide bonds. The molecule has 2 nitrogen and oxygen atoms in total. The molecule has 0 aromatic heterocycles. The maximum Gasteiger partial charge on any atom is 0.0329 e. The van der Waals surface area contributed by atoms with Crippen molar-refractivity contribution in [3.05, 3.63) is 29.3 Å². The zero-order valence-electron chi connectivity index (χ0n) is 8.72. The fourth-order valence-electron chi connectivity index (χ4n) is 1.24. The second-order valence-corrected chi connectivity index (χ2v) is 3.29. The Labute approximate surface area is 85.5 Å². The van der Waals surface area contributed by atoms with Crippen LogP contribution in [0.3, 0.4) is 0 Å². The number of aryl methyl sites for hydroxylation is 1. The van der Waals surface area contributed by atoms with E-state index in [4.69, 9.17) is 5.73 Å². The Hall–Kier alpha value is -1.46. The molecule has 0 fully saturated rings. The highest BCUT2D eigenvalue weighted by atomic mass is 14.8. The molecular weight excluding hydrogens is 172 g/mol. The van der Waals surface area contributed by atoms with Crippen molar-refractivity contribution in [1.82, 2.24) is 5.32 Å². The highest BCUT2D eigenvalue weighted by Crippen LogP contribution is 2.09. The Kier molecular flexibility index (Phi) is 4.03. The molecule has 74 valence electrons. The van der Waals surface area contributed by atoms with E-state index >= 15 is 0 Å². The van der Waals surface area contributed by atoms with Gasteiger partial charge in [0.1, 0.15) is 0 Å². The van der Waals surface area contributed by atoms with Gasteiger partial charge < -0.3 is 11.1 Å². The van der Waals surface area contributed by atoms with E-state index in [1.807, 2.05) is 32.2 Å². The Balaban J connectivity index is 2.69. The molecule has 0 heterocycles. The molecule has 0 radical (unpaired) electrons. The number of nitrogen functional groups attached to an aromatic ring is 1. The average Bonchev–Trinajstić information content (AvgIpc) is 2.11. The smallest absolute Gasteiger partial charge is 0.0329 e. The molecule has 0 atom stereocenters. The number of nitrogens with one attached hydrogen (secondary N) is 1. The number of anilines is 1. The van der Waals surface area contributed by atoms with Crippen molar-refractivity contribution in [2.75, 3.05) is 19.3 Å². The Morgan fingerprint density at radius 2 is 2.14 bits per heavy atom. The molecular formula is C12H16N2. The van der Waals surface area contributed by atoms with Gasteiger partial charge in [0, 0.05) is 24.2 Å². The lowest BCUT2D eigenvalue weighted by atomic mass is 10.1. The van der Waals surface area contributed by atoms with Gasteiger partial charge in [0.05, 0.1) is 0 Å². The predicted octanol–water partition coefficient (Wildman–Crippen LogP) is 1.54. The average molecular weight is 188 g/mol. The van der Waals surface area contributed by atoms with E-state index in [0.29, 0.717) is 0 Å². The summed E-state index contributed by atoms with van der Waals surface area (Å²) in [4.78, 5) is 0. The summed E-state index contributed by atoms with van der Waals surface area (Å²) in [6.45, 7) is 2.95. The standard InChI is InChI=1S/C12H16N2/c1-10-7-11(9-12(13)8-10)5-3-4-6-14-2/h7-9,14H,4,6,13H2,1-2H3.